The summed E-state index contributed by atoms with van der Waals surface area (Å²) in [7, 11) is 0. The minimum Gasteiger partial charge on any atom is -0.350 e. The number of nitrogens with zero attached hydrogens (tertiary/aromatic N) is 2. The van der Waals surface area contributed by atoms with E-state index in [-0.39, 0.29) is 12.5 Å². The van der Waals surface area contributed by atoms with Gasteiger partial charge in [-0.1, -0.05) is 12.1 Å². The Morgan fingerprint density at radius 1 is 1.22 bits per heavy atom. The number of halogens is 3. The predicted molar refractivity (Wildman–Crippen MR) is 78.7 cm³/mol. The summed E-state index contributed by atoms with van der Waals surface area (Å²) in [6, 6.07) is 7.57. The van der Waals surface area contributed by atoms with Gasteiger partial charge in [0.05, 0.1) is 11.2 Å². The lowest BCUT2D eigenvalue weighted by Crippen LogP contribution is -2.48. The molecule has 0 radical (unpaired) electrons. The summed E-state index contributed by atoms with van der Waals surface area (Å²) in [6.07, 6.45) is -3.22. The maximum atomic E-state index is 12.5. The molecule has 1 heterocycles. The molecule has 0 saturated carbocycles. The summed E-state index contributed by atoms with van der Waals surface area (Å²) >= 11 is 0. The normalized spacial score (nSPS) is 12.3. The molecule has 0 unspecified atom stereocenters. The van der Waals surface area contributed by atoms with Crippen LogP contribution in [0.25, 0.3) is 5.69 Å². The van der Waals surface area contributed by atoms with Gasteiger partial charge in [0, 0.05) is 12.7 Å². The van der Waals surface area contributed by atoms with Gasteiger partial charge in [0.1, 0.15) is 0 Å². The second kappa shape index (κ2) is 6.04. The topological polar surface area (TPSA) is 72.9 Å². The van der Waals surface area contributed by atoms with Crippen molar-refractivity contribution in [3.63, 3.8) is 0 Å². The Morgan fingerprint density at radius 2 is 1.83 bits per heavy atom. The third kappa shape index (κ3) is 4.32. The zero-order valence-corrected chi connectivity index (χ0v) is 12.7. The molecule has 0 aliphatic heterocycles. The quantitative estimate of drug-likeness (QED) is 0.905. The summed E-state index contributed by atoms with van der Waals surface area (Å²) in [4.78, 5) is 11.7. The average molecular weight is 326 g/mol. The van der Waals surface area contributed by atoms with Crippen LogP contribution in [0.15, 0.2) is 36.5 Å². The lowest BCUT2D eigenvalue weighted by Gasteiger charge is -2.17. The molecule has 0 spiro atoms. The van der Waals surface area contributed by atoms with Crippen molar-refractivity contribution in [1.29, 1.82) is 0 Å². The van der Waals surface area contributed by atoms with Gasteiger partial charge in [0.15, 0.2) is 5.69 Å². The maximum absolute atomic E-state index is 12.5. The molecule has 0 saturated heterocycles. The zero-order valence-electron chi connectivity index (χ0n) is 12.7. The van der Waals surface area contributed by atoms with Crippen LogP contribution in [-0.2, 0) is 17.5 Å². The number of carbonyl (C=O) groups excluding carboxylic acids is 1. The summed E-state index contributed by atoms with van der Waals surface area (Å²) in [5, 5.41) is 6.18. The van der Waals surface area contributed by atoms with Gasteiger partial charge in [-0.3, -0.25) is 4.79 Å². The highest BCUT2D eigenvalue weighted by Gasteiger charge is 2.33. The largest absolute Gasteiger partial charge is 0.435 e. The second-order valence-corrected chi connectivity index (χ2v) is 5.71. The van der Waals surface area contributed by atoms with Gasteiger partial charge in [-0.25, -0.2) is 4.68 Å². The molecule has 5 nitrogen and oxygen atoms in total. The van der Waals surface area contributed by atoms with Crippen molar-refractivity contribution >= 4 is 5.91 Å². The maximum Gasteiger partial charge on any atom is 0.435 e. The molecule has 124 valence electrons. The average Bonchev–Trinajstić information content (AvgIpc) is 2.94. The Bertz CT molecular complexity index is 684. The van der Waals surface area contributed by atoms with Gasteiger partial charge in [-0.15, -0.1) is 0 Å². The lowest BCUT2D eigenvalue weighted by molar-refractivity contribution is -0.141. The van der Waals surface area contributed by atoms with Crippen molar-refractivity contribution in [2.24, 2.45) is 5.73 Å². The monoisotopic (exact) mass is 326 g/mol. The van der Waals surface area contributed by atoms with E-state index in [1.165, 1.54) is 6.20 Å². The zero-order chi connectivity index (χ0) is 17.3. The standard InChI is InChI=1S/C15H17F3N4O/c1-14(2,19)13(23)20-9-10-3-5-11(6-4-10)22-8-7-12(21-22)15(16,17)18/h3-8H,9,19H2,1-2H3,(H,20,23). The minimum atomic E-state index is -4.47. The van der Waals surface area contributed by atoms with Crippen LogP contribution in [0.1, 0.15) is 25.1 Å². The predicted octanol–water partition coefficient (Wildman–Crippen LogP) is 2.24. The van der Waals surface area contributed by atoms with E-state index in [9.17, 15) is 18.0 Å². The fourth-order valence-corrected chi connectivity index (χ4v) is 1.80. The Hall–Kier alpha value is -2.35. The van der Waals surface area contributed by atoms with E-state index in [1.54, 1.807) is 38.1 Å². The fraction of sp³-hybridized carbons (Fsp3) is 0.333. The molecule has 1 aromatic carbocycles. The Kier molecular flexibility index (Phi) is 4.46. The second-order valence-electron chi connectivity index (χ2n) is 5.71. The summed E-state index contributed by atoms with van der Waals surface area (Å²) < 4.78 is 38.7. The molecule has 8 heteroatoms. The van der Waals surface area contributed by atoms with Crippen molar-refractivity contribution in [3.05, 3.63) is 47.8 Å². The van der Waals surface area contributed by atoms with Crippen molar-refractivity contribution in [1.82, 2.24) is 15.1 Å². The van der Waals surface area contributed by atoms with Gasteiger partial charge in [-0.05, 0) is 37.6 Å². The van der Waals surface area contributed by atoms with Crippen molar-refractivity contribution in [2.45, 2.75) is 32.1 Å². The van der Waals surface area contributed by atoms with E-state index in [1.807, 2.05) is 0 Å². The Morgan fingerprint density at radius 3 is 2.30 bits per heavy atom. The van der Waals surface area contributed by atoms with Gasteiger partial charge in [0.2, 0.25) is 5.91 Å². The number of nitrogens with one attached hydrogen (secondary N) is 1. The van der Waals surface area contributed by atoms with Gasteiger partial charge < -0.3 is 11.1 Å². The Labute approximate surface area is 131 Å². The van der Waals surface area contributed by atoms with Crippen LogP contribution >= 0.6 is 0 Å². The van der Waals surface area contributed by atoms with Crippen molar-refractivity contribution in [2.75, 3.05) is 0 Å². The van der Waals surface area contributed by atoms with Crippen LogP contribution in [0.3, 0.4) is 0 Å². The third-order valence-corrected chi connectivity index (χ3v) is 3.12. The first-order valence-electron chi connectivity index (χ1n) is 6.87. The minimum absolute atomic E-state index is 0.284. The number of amides is 1. The number of hydrogen-bond acceptors (Lipinski definition) is 3. The molecular formula is C15H17F3N4O. The highest BCUT2D eigenvalue weighted by Crippen LogP contribution is 2.27. The molecule has 0 bridgehead atoms. The van der Waals surface area contributed by atoms with E-state index >= 15 is 0 Å². The Balaban J connectivity index is 2.05. The molecule has 1 aromatic heterocycles. The van der Waals surface area contributed by atoms with E-state index in [4.69, 9.17) is 5.73 Å². The van der Waals surface area contributed by atoms with E-state index < -0.39 is 17.4 Å². The molecule has 0 fully saturated rings. The van der Waals surface area contributed by atoms with E-state index in [0.717, 1.165) is 16.3 Å². The van der Waals surface area contributed by atoms with Crippen molar-refractivity contribution in [3.8, 4) is 5.69 Å². The number of hydrogen-bond donors (Lipinski definition) is 2. The number of nitrogens with two attached hydrogens (primary N) is 1. The molecule has 0 atom stereocenters. The van der Waals surface area contributed by atoms with Crippen molar-refractivity contribution < 1.29 is 18.0 Å². The SMILES string of the molecule is CC(C)(N)C(=O)NCc1ccc(-n2ccc(C(F)(F)F)n2)cc1. The molecule has 23 heavy (non-hydrogen) atoms. The van der Waals surface area contributed by atoms with Crippen LogP contribution in [-0.4, -0.2) is 21.2 Å². The molecule has 0 aliphatic carbocycles. The van der Waals surface area contributed by atoms with E-state index in [0.29, 0.717) is 5.69 Å². The fourth-order valence-electron chi connectivity index (χ4n) is 1.80. The van der Waals surface area contributed by atoms with Gasteiger partial charge >= 0.3 is 6.18 Å². The molecule has 2 aromatic rings. The summed E-state index contributed by atoms with van der Waals surface area (Å²) in [5.41, 5.74) is 5.05. The van der Waals surface area contributed by atoms with E-state index in [2.05, 4.69) is 10.4 Å². The highest BCUT2D eigenvalue weighted by molar-refractivity contribution is 5.84. The van der Waals surface area contributed by atoms with Crippen LogP contribution in [0, 0.1) is 0 Å². The molecule has 2 rings (SSSR count). The van der Waals surface area contributed by atoms with Crippen LogP contribution in [0.5, 0.6) is 0 Å². The highest BCUT2D eigenvalue weighted by atomic mass is 19.4. The van der Waals surface area contributed by atoms with Crippen LogP contribution in [0.2, 0.25) is 0 Å². The van der Waals surface area contributed by atoms with Gasteiger partial charge in [0.25, 0.3) is 0 Å². The van der Waals surface area contributed by atoms with Gasteiger partial charge in [-0.2, -0.15) is 18.3 Å². The summed E-state index contributed by atoms with van der Waals surface area (Å²) in [6.45, 7) is 3.48. The number of rotatable bonds is 4. The van der Waals surface area contributed by atoms with Crippen LogP contribution in [0.4, 0.5) is 13.2 Å². The molecular weight excluding hydrogens is 309 g/mol. The summed E-state index contributed by atoms with van der Waals surface area (Å²) in [5.74, 6) is -0.288. The molecule has 0 aliphatic rings. The number of carbonyl (C=O) groups is 1. The first-order chi connectivity index (χ1) is 10.6. The number of alkyl halides is 3. The number of benzene rings is 1. The number of aromatic nitrogens is 2. The first-order valence-corrected chi connectivity index (χ1v) is 6.87. The molecule has 3 N–H and O–H groups in total. The third-order valence-electron chi connectivity index (χ3n) is 3.12. The smallest absolute Gasteiger partial charge is 0.350 e. The molecule has 1 amide bonds. The van der Waals surface area contributed by atoms with Crippen LogP contribution < -0.4 is 11.1 Å². The lowest BCUT2D eigenvalue weighted by atomic mass is 10.1. The first kappa shape index (κ1) is 17.0.